The van der Waals surface area contributed by atoms with Crippen LogP contribution in [0.2, 0.25) is 0 Å². The van der Waals surface area contributed by atoms with E-state index in [1.807, 2.05) is 16.3 Å². The fourth-order valence-corrected chi connectivity index (χ4v) is 4.76. The van der Waals surface area contributed by atoms with E-state index in [1.54, 1.807) is 23.0 Å². The van der Waals surface area contributed by atoms with Crippen molar-refractivity contribution < 1.29 is 9.53 Å². The molecule has 7 nitrogen and oxygen atoms in total. The average molecular weight is 383 g/mol. The van der Waals surface area contributed by atoms with E-state index in [0.717, 1.165) is 25.8 Å². The monoisotopic (exact) mass is 382 g/mol. The van der Waals surface area contributed by atoms with Crippen LogP contribution in [0.4, 0.5) is 0 Å². The Labute approximate surface area is 154 Å². The highest BCUT2D eigenvalue weighted by Crippen LogP contribution is 2.35. The lowest BCUT2D eigenvalue weighted by Gasteiger charge is -2.23. The highest BCUT2D eigenvalue weighted by Gasteiger charge is 2.30. The fourth-order valence-electron chi connectivity index (χ4n) is 3.03. The number of amides is 1. The molecule has 136 valence electrons. The summed E-state index contributed by atoms with van der Waals surface area (Å²) >= 11 is 3.01. The molecule has 2 aromatic rings. The van der Waals surface area contributed by atoms with Gasteiger partial charge in [0.2, 0.25) is 5.91 Å². The lowest BCUT2D eigenvalue weighted by Crippen LogP contribution is -2.31. The van der Waals surface area contributed by atoms with Gasteiger partial charge >= 0.3 is 5.69 Å². The zero-order valence-corrected chi connectivity index (χ0v) is 15.8. The van der Waals surface area contributed by atoms with Crippen molar-refractivity contribution in [3.63, 3.8) is 0 Å². The maximum absolute atomic E-state index is 12.7. The molecule has 0 aliphatic carbocycles. The molecule has 0 saturated carbocycles. The number of aromatic nitrogens is 3. The molecule has 0 aromatic carbocycles. The van der Waals surface area contributed by atoms with Crippen molar-refractivity contribution in [2.24, 2.45) is 0 Å². The Morgan fingerprint density at radius 1 is 1.56 bits per heavy atom. The van der Waals surface area contributed by atoms with Gasteiger partial charge in [0.05, 0.1) is 11.8 Å². The minimum Gasteiger partial charge on any atom is -0.385 e. The number of aromatic amines is 1. The van der Waals surface area contributed by atoms with Gasteiger partial charge in [-0.2, -0.15) is 0 Å². The average Bonchev–Trinajstić information content (AvgIpc) is 3.34. The molecule has 2 aromatic heterocycles. The SMILES string of the molecule is COCCCn1c(SCC(=O)N2CCCC2c2cccs2)n[nH]c1=O. The number of thioether (sulfide) groups is 1. The van der Waals surface area contributed by atoms with Gasteiger partial charge in [0, 0.05) is 31.7 Å². The Kier molecular flexibility index (Phi) is 6.33. The third-order valence-electron chi connectivity index (χ3n) is 4.22. The number of carbonyl (C=O) groups is 1. The highest BCUT2D eigenvalue weighted by molar-refractivity contribution is 7.99. The first kappa shape index (κ1) is 18.2. The minimum absolute atomic E-state index is 0.0970. The summed E-state index contributed by atoms with van der Waals surface area (Å²) in [4.78, 5) is 27.7. The van der Waals surface area contributed by atoms with Gasteiger partial charge in [0.1, 0.15) is 0 Å². The molecular formula is C16H22N4O3S2. The summed E-state index contributed by atoms with van der Waals surface area (Å²) in [6, 6.07) is 4.31. The molecule has 3 rings (SSSR count). The van der Waals surface area contributed by atoms with Crippen molar-refractivity contribution in [1.82, 2.24) is 19.7 Å². The normalized spacial score (nSPS) is 17.3. The number of H-pyrrole nitrogens is 1. The zero-order valence-electron chi connectivity index (χ0n) is 14.1. The minimum atomic E-state index is -0.247. The number of rotatable bonds is 8. The maximum Gasteiger partial charge on any atom is 0.343 e. The quantitative estimate of drug-likeness (QED) is 0.559. The van der Waals surface area contributed by atoms with Crippen LogP contribution in [-0.4, -0.2) is 51.6 Å². The second-order valence-electron chi connectivity index (χ2n) is 5.86. The van der Waals surface area contributed by atoms with Crippen LogP contribution >= 0.6 is 23.1 Å². The predicted molar refractivity (Wildman–Crippen MR) is 98.1 cm³/mol. The van der Waals surface area contributed by atoms with E-state index in [1.165, 1.54) is 16.6 Å². The number of carbonyl (C=O) groups excluding carboxylic acids is 1. The third-order valence-corrected chi connectivity index (χ3v) is 6.16. The van der Waals surface area contributed by atoms with Crippen LogP contribution in [0, 0.1) is 0 Å². The van der Waals surface area contributed by atoms with Gasteiger partial charge in [-0.3, -0.25) is 9.36 Å². The van der Waals surface area contributed by atoms with E-state index in [9.17, 15) is 9.59 Å². The Balaban J connectivity index is 1.60. The Morgan fingerprint density at radius 3 is 3.20 bits per heavy atom. The number of likely N-dealkylation sites (tertiary alicyclic amines) is 1. The number of hydrogen-bond donors (Lipinski definition) is 1. The second kappa shape index (κ2) is 8.68. The first-order chi connectivity index (χ1) is 12.2. The molecule has 1 fully saturated rings. The van der Waals surface area contributed by atoms with Crippen molar-refractivity contribution in [2.45, 2.75) is 37.0 Å². The zero-order chi connectivity index (χ0) is 17.6. The lowest BCUT2D eigenvalue weighted by molar-refractivity contribution is -0.129. The molecule has 1 amide bonds. The van der Waals surface area contributed by atoms with Crippen LogP contribution in [-0.2, 0) is 16.1 Å². The summed E-state index contributed by atoms with van der Waals surface area (Å²) < 4.78 is 6.59. The van der Waals surface area contributed by atoms with Crippen molar-refractivity contribution in [1.29, 1.82) is 0 Å². The van der Waals surface area contributed by atoms with Crippen LogP contribution < -0.4 is 5.69 Å². The predicted octanol–water partition coefficient (Wildman–Crippen LogP) is 2.13. The molecule has 0 radical (unpaired) electrons. The molecule has 1 saturated heterocycles. The third kappa shape index (κ3) is 4.34. The summed E-state index contributed by atoms with van der Waals surface area (Å²) in [5.74, 6) is 0.385. The van der Waals surface area contributed by atoms with Crippen molar-refractivity contribution >= 4 is 29.0 Å². The molecule has 25 heavy (non-hydrogen) atoms. The van der Waals surface area contributed by atoms with Crippen molar-refractivity contribution in [3.05, 3.63) is 32.9 Å². The van der Waals surface area contributed by atoms with Crippen LogP contribution in [0.3, 0.4) is 0 Å². The van der Waals surface area contributed by atoms with Gasteiger partial charge in [-0.15, -0.1) is 16.4 Å². The van der Waals surface area contributed by atoms with Gasteiger partial charge in [-0.1, -0.05) is 17.8 Å². The molecule has 3 heterocycles. The summed E-state index contributed by atoms with van der Waals surface area (Å²) in [7, 11) is 1.63. The maximum atomic E-state index is 12.7. The van der Waals surface area contributed by atoms with E-state index >= 15 is 0 Å². The van der Waals surface area contributed by atoms with Crippen molar-refractivity contribution in [3.8, 4) is 0 Å². The van der Waals surface area contributed by atoms with E-state index in [2.05, 4.69) is 16.3 Å². The number of methoxy groups -OCH3 is 1. The summed E-state index contributed by atoms with van der Waals surface area (Å²) in [5.41, 5.74) is -0.247. The van der Waals surface area contributed by atoms with E-state index in [4.69, 9.17) is 4.74 Å². The number of nitrogens with zero attached hydrogens (tertiary/aromatic N) is 3. The molecular weight excluding hydrogens is 360 g/mol. The molecule has 0 bridgehead atoms. The van der Waals surface area contributed by atoms with Gasteiger partial charge in [0.15, 0.2) is 5.16 Å². The van der Waals surface area contributed by atoms with Crippen LogP contribution in [0.25, 0.3) is 0 Å². The summed E-state index contributed by atoms with van der Waals surface area (Å²) in [6.07, 6.45) is 2.77. The van der Waals surface area contributed by atoms with Gasteiger partial charge < -0.3 is 9.64 Å². The Hall–Kier alpha value is -1.58. The first-order valence-corrected chi connectivity index (χ1v) is 10.2. The number of nitrogens with one attached hydrogen (secondary N) is 1. The lowest BCUT2D eigenvalue weighted by atomic mass is 10.2. The molecule has 1 unspecified atom stereocenters. The van der Waals surface area contributed by atoms with Crippen LogP contribution in [0.5, 0.6) is 0 Å². The molecule has 0 spiro atoms. The largest absolute Gasteiger partial charge is 0.385 e. The molecule has 1 atom stereocenters. The Bertz CT molecular complexity index is 741. The molecule has 9 heteroatoms. The summed E-state index contributed by atoms with van der Waals surface area (Å²) in [5, 5.41) is 9.11. The first-order valence-electron chi connectivity index (χ1n) is 8.30. The van der Waals surface area contributed by atoms with Gasteiger partial charge in [0.25, 0.3) is 0 Å². The molecule has 1 aliphatic heterocycles. The smallest absolute Gasteiger partial charge is 0.343 e. The molecule has 1 N–H and O–H groups in total. The second-order valence-corrected chi connectivity index (χ2v) is 7.78. The van der Waals surface area contributed by atoms with Gasteiger partial charge in [-0.25, -0.2) is 9.89 Å². The number of hydrogen-bond acceptors (Lipinski definition) is 6. The standard InChI is InChI=1S/C16H22N4O3S2/c1-23-9-4-8-20-15(22)17-18-16(20)25-11-14(21)19-7-2-5-12(19)13-6-3-10-24-13/h3,6,10,12H,2,4-5,7-9,11H2,1H3,(H,17,22). The van der Waals surface area contributed by atoms with Crippen LogP contribution in [0.15, 0.2) is 27.5 Å². The number of thiophene rings is 1. The Morgan fingerprint density at radius 2 is 2.44 bits per heavy atom. The van der Waals surface area contributed by atoms with E-state index in [-0.39, 0.29) is 23.4 Å². The molecule has 1 aliphatic rings. The van der Waals surface area contributed by atoms with E-state index < -0.39 is 0 Å². The number of ether oxygens (including phenoxy) is 1. The van der Waals surface area contributed by atoms with Crippen molar-refractivity contribution in [2.75, 3.05) is 26.0 Å². The van der Waals surface area contributed by atoms with Crippen LogP contribution in [0.1, 0.15) is 30.2 Å². The topological polar surface area (TPSA) is 80.2 Å². The highest BCUT2D eigenvalue weighted by atomic mass is 32.2. The van der Waals surface area contributed by atoms with E-state index in [0.29, 0.717) is 18.3 Å². The summed E-state index contributed by atoms with van der Waals surface area (Å²) in [6.45, 7) is 1.90. The van der Waals surface area contributed by atoms with Gasteiger partial charge in [-0.05, 0) is 30.7 Å². The fraction of sp³-hybridized carbons (Fsp3) is 0.562.